The van der Waals surface area contributed by atoms with Crippen molar-refractivity contribution < 1.29 is 4.79 Å². The molecular formula is C9H9N5O. The fourth-order valence-electron chi connectivity index (χ4n) is 1.30. The van der Waals surface area contributed by atoms with Gasteiger partial charge in [0.05, 0.1) is 5.69 Å². The molecule has 0 aromatic carbocycles. The molecular weight excluding hydrogens is 194 g/mol. The summed E-state index contributed by atoms with van der Waals surface area (Å²) in [5.74, 6) is -0.604. The molecule has 0 aliphatic rings. The van der Waals surface area contributed by atoms with Crippen molar-refractivity contribution in [3.05, 3.63) is 29.7 Å². The van der Waals surface area contributed by atoms with Crippen LogP contribution in [-0.4, -0.2) is 26.3 Å². The Labute approximate surface area is 85.5 Å². The minimum atomic E-state index is -0.604. The molecule has 0 bridgehead atoms. The first kappa shape index (κ1) is 9.32. The fraction of sp³-hybridized carbons (Fsp3) is 0.111. The number of aryl methyl sites for hydroxylation is 1. The average molecular weight is 203 g/mol. The highest BCUT2D eigenvalue weighted by Crippen LogP contribution is 2.18. The normalized spacial score (nSPS) is 10.2. The van der Waals surface area contributed by atoms with Gasteiger partial charge in [0.2, 0.25) is 0 Å². The monoisotopic (exact) mass is 203 g/mol. The predicted octanol–water partition coefficient (Wildman–Crippen LogP) is 0.274. The second-order valence-electron chi connectivity index (χ2n) is 3.09. The highest BCUT2D eigenvalue weighted by atomic mass is 16.1. The van der Waals surface area contributed by atoms with Crippen molar-refractivity contribution >= 4 is 5.91 Å². The third kappa shape index (κ3) is 1.69. The predicted molar refractivity (Wildman–Crippen MR) is 52.9 cm³/mol. The Morgan fingerprint density at radius 1 is 1.53 bits per heavy atom. The summed E-state index contributed by atoms with van der Waals surface area (Å²) in [6.45, 7) is 1.86. The number of carbonyl (C=O) groups is 1. The van der Waals surface area contributed by atoms with Crippen LogP contribution in [0.1, 0.15) is 16.2 Å². The molecule has 6 heteroatoms. The van der Waals surface area contributed by atoms with Crippen molar-refractivity contribution in [1.82, 2.24) is 20.4 Å². The van der Waals surface area contributed by atoms with Crippen molar-refractivity contribution in [1.29, 1.82) is 0 Å². The molecule has 0 spiro atoms. The Bertz CT molecular complexity index is 505. The van der Waals surface area contributed by atoms with Crippen molar-refractivity contribution in [3.63, 3.8) is 0 Å². The van der Waals surface area contributed by atoms with Gasteiger partial charge in [-0.25, -0.2) is 0 Å². The van der Waals surface area contributed by atoms with Gasteiger partial charge in [-0.2, -0.15) is 0 Å². The van der Waals surface area contributed by atoms with Gasteiger partial charge < -0.3 is 5.73 Å². The number of aromatic amines is 1. The van der Waals surface area contributed by atoms with E-state index in [1.165, 1.54) is 0 Å². The largest absolute Gasteiger partial charge is 0.364 e. The first-order valence-electron chi connectivity index (χ1n) is 4.32. The van der Waals surface area contributed by atoms with Crippen molar-refractivity contribution in [3.8, 4) is 11.3 Å². The number of primary amides is 1. The quantitative estimate of drug-likeness (QED) is 0.732. The van der Waals surface area contributed by atoms with E-state index in [0.29, 0.717) is 5.69 Å². The van der Waals surface area contributed by atoms with Crippen LogP contribution >= 0.6 is 0 Å². The minimum absolute atomic E-state index is 0.139. The number of aromatic nitrogens is 4. The molecule has 2 aromatic rings. The van der Waals surface area contributed by atoms with E-state index in [0.717, 1.165) is 11.3 Å². The van der Waals surface area contributed by atoms with Crippen LogP contribution in [0.25, 0.3) is 11.3 Å². The number of nitrogens with one attached hydrogen (secondary N) is 1. The van der Waals surface area contributed by atoms with E-state index in [9.17, 15) is 4.79 Å². The molecule has 0 saturated carbocycles. The van der Waals surface area contributed by atoms with E-state index in [1.807, 2.05) is 13.0 Å². The minimum Gasteiger partial charge on any atom is -0.364 e. The van der Waals surface area contributed by atoms with E-state index in [2.05, 4.69) is 20.4 Å². The Morgan fingerprint density at radius 3 is 3.00 bits per heavy atom. The SMILES string of the molecule is Cc1cc(-c2[nH]nnc2C(N)=O)ccn1. The molecule has 2 aromatic heterocycles. The fourth-order valence-corrected chi connectivity index (χ4v) is 1.30. The summed E-state index contributed by atoms with van der Waals surface area (Å²) in [7, 11) is 0. The number of hydrogen-bond donors (Lipinski definition) is 2. The van der Waals surface area contributed by atoms with Crippen molar-refractivity contribution in [2.45, 2.75) is 6.92 Å². The van der Waals surface area contributed by atoms with Crippen molar-refractivity contribution in [2.24, 2.45) is 5.73 Å². The number of nitrogens with two attached hydrogens (primary N) is 1. The van der Waals surface area contributed by atoms with E-state index in [1.54, 1.807) is 12.3 Å². The van der Waals surface area contributed by atoms with Gasteiger partial charge >= 0.3 is 0 Å². The van der Waals surface area contributed by atoms with E-state index < -0.39 is 5.91 Å². The maximum absolute atomic E-state index is 11.0. The van der Waals surface area contributed by atoms with Gasteiger partial charge in [0, 0.05) is 17.5 Å². The van der Waals surface area contributed by atoms with E-state index in [4.69, 9.17) is 5.73 Å². The number of rotatable bonds is 2. The molecule has 3 N–H and O–H groups in total. The number of carbonyl (C=O) groups excluding carboxylic acids is 1. The molecule has 15 heavy (non-hydrogen) atoms. The first-order chi connectivity index (χ1) is 7.18. The summed E-state index contributed by atoms with van der Waals surface area (Å²) in [5, 5.41) is 9.82. The Morgan fingerprint density at radius 2 is 2.33 bits per heavy atom. The molecule has 2 rings (SSSR count). The van der Waals surface area contributed by atoms with Gasteiger partial charge in [0.1, 0.15) is 0 Å². The molecule has 2 heterocycles. The smallest absolute Gasteiger partial charge is 0.271 e. The van der Waals surface area contributed by atoms with Crippen LogP contribution in [0, 0.1) is 6.92 Å². The van der Waals surface area contributed by atoms with Gasteiger partial charge in [-0.1, -0.05) is 5.21 Å². The van der Waals surface area contributed by atoms with Crippen LogP contribution < -0.4 is 5.73 Å². The van der Waals surface area contributed by atoms with Gasteiger partial charge in [0.25, 0.3) is 5.91 Å². The zero-order chi connectivity index (χ0) is 10.8. The van der Waals surface area contributed by atoms with E-state index >= 15 is 0 Å². The molecule has 0 fully saturated rings. The summed E-state index contributed by atoms with van der Waals surface area (Å²) in [6, 6.07) is 3.58. The Kier molecular flexibility index (Phi) is 2.17. The molecule has 1 amide bonds. The summed E-state index contributed by atoms with van der Waals surface area (Å²) in [4.78, 5) is 15.1. The molecule has 76 valence electrons. The summed E-state index contributed by atoms with van der Waals surface area (Å²) < 4.78 is 0. The molecule has 6 nitrogen and oxygen atoms in total. The molecule has 0 aliphatic carbocycles. The third-order valence-electron chi connectivity index (χ3n) is 1.97. The topological polar surface area (TPSA) is 97.5 Å². The highest BCUT2D eigenvalue weighted by Gasteiger charge is 2.14. The maximum atomic E-state index is 11.0. The zero-order valence-electron chi connectivity index (χ0n) is 8.06. The summed E-state index contributed by atoms with van der Waals surface area (Å²) in [5.41, 5.74) is 7.46. The second-order valence-corrected chi connectivity index (χ2v) is 3.09. The highest BCUT2D eigenvalue weighted by molar-refractivity contribution is 5.96. The molecule has 0 unspecified atom stereocenters. The summed E-state index contributed by atoms with van der Waals surface area (Å²) >= 11 is 0. The number of pyridine rings is 1. The van der Waals surface area contributed by atoms with Crippen LogP contribution in [0.3, 0.4) is 0 Å². The van der Waals surface area contributed by atoms with E-state index in [-0.39, 0.29) is 5.69 Å². The third-order valence-corrected chi connectivity index (χ3v) is 1.97. The molecule has 0 saturated heterocycles. The van der Waals surface area contributed by atoms with Crippen LogP contribution in [-0.2, 0) is 0 Å². The van der Waals surface area contributed by atoms with Gasteiger partial charge in [0.15, 0.2) is 5.69 Å². The Balaban J connectivity index is 2.54. The molecule has 0 radical (unpaired) electrons. The standard InChI is InChI=1S/C9H9N5O/c1-5-4-6(2-3-11-5)7-8(9(10)15)13-14-12-7/h2-4H,1H3,(H2,10,15)(H,12,13,14). The summed E-state index contributed by atoms with van der Waals surface area (Å²) in [6.07, 6.45) is 1.65. The van der Waals surface area contributed by atoms with Crippen LogP contribution in [0.15, 0.2) is 18.3 Å². The molecule has 0 aliphatic heterocycles. The number of H-pyrrole nitrogens is 1. The maximum Gasteiger partial charge on any atom is 0.271 e. The Hall–Kier alpha value is -2.24. The van der Waals surface area contributed by atoms with Gasteiger partial charge in [-0.15, -0.1) is 5.10 Å². The van der Waals surface area contributed by atoms with Gasteiger partial charge in [-0.05, 0) is 19.1 Å². The first-order valence-corrected chi connectivity index (χ1v) is 4.32. The lowest BCUT2D eigenvalue weighted by Gasteiger charge is -1.99. The lowest BCUT2D eigenvalue weighted by atomic mass is 10.1. The number of hydrogen-bond acceptors (Lipinski definition) is 4. The second kappa shape index (κ2) is 3.49. The van der Waals surface area contributed by atoms with Crippen LogP contribution in [0.4, 0.5) is 0 Å². The number of amides is 1. The zero-order valence-corrected chi connectivity index (χ0v) is 8.06. The number of nitrogens with zero attached hydrogens (tertiary/aromatic N) is 3. The van der Waals surface area contributed by atoms with Crippen molar-refractivity contribution in [2.75, 3.05) is 0 Å². The average Bonchev–Trinajstić information content (AvgIpc) is 2.65. The lowest BCUT2D eigenvalue weighted by molar-refractivity contribution is 0.0996. The molecule has 0 atom stereocenters. The van der Waals surface area contributed by atoms with Crippen LogP contribution in [0.5, 0.6) is 0 Å². The van der Waals surface area contributed by atoms with Crippen LogP contribution in [0.2, 0.25) is 0 Å². The lowest BCUT2D eigenvalue weighted by Crippen LogP contribution is -2.12. The van der Waals surface area contributed by atoms with Gasteiger partial charge in [-0.3, -0.25) is 14.9 Å².